The number of esters is 1. The quantitative estimate of drug-likeness (QED) is 0.752. The average molecular weight is 317 g/mol. The Morgan fingerprint density at radius 1 is 1.10 bits per heavy atom. The maximum absolute atomic E-state index is 11.7. The molecule has 0 aromatic heterocycles. The van der Waals surface area contributed by atoms with E-state index in [1.807, 2.05) is 0 Å². The smallest absolute Gasteiger partial charge is 0.310 e. The Morgan fingerprint density at radius 3 is 2.43 bits per heavy atom. The average Bonchev–Trinajstić information content (AvgIpc) is 2.84. The van der Waals surface area contributed by atoms with Crippen molar-refractivity contribution in [2.75, 3.05) is 24.7 Å². The lowest BCUT2D eigenvalue weighted by Crippen LogP contribution is -2.34. The number of ether oxygens (including phenoxy) is 1. The Hall–Kier alpha value is -1.11. The molecular formula is C14H23NO5S. The third-order valence-electron chi connectivity index (χ3n) is 4.22. The molecular weight excluding hydrogens is 294 g/mol. The molecule has 2 aliphatic rings. The minimum absolute atomic E-state index is 0.0284. The molecule has 1 unspecified atom stereocenters. The van der Waals surface area contributed by atoms with E-state index in [0.717, 1.165) is 12.8 Å². The number of hydrogen-bond donors (Lipinski definition) is 1. The first-order valence-corrected chi connectivity index (χ1v) is 9.42. The molecule has 0 radical (unpaired) electrons. The van der Waals surface area contributed by atoms with Gasteiger partial charge >= 0.3 is 5.97 Å². The maximum Gasteiger partial charge on any atom is 0.310 e. The van der Waals surface area contributed by atoms with Gasteiger partial charge in [0.25, 0.3) is 5.91 Å². The summed E-state index contributed by atoms with van der Waals surface area (Å²) in [6, 6.07) is 0. The van der Waals surface area contributed by atoms with E-state index in [9.17, 15) is 18.0 Å². The molecule has 1 heterocycles. The van der Waals surface area contributed by atoms with Gasteiger partial charge in [0.05, 0.1) is 17.4 Å². The molecule has 1 N–H and O–H groups in total. The van der Waals surface area contributed by atoms with Crippen LogP contribution in [-0.2, 0) is 24.2 Å². The first-order chi connectivity index (χ1) is 9.96. The molecule has 120 valence electrons. The van der Waals surface area contributed by atoms with Gasteiger partial charge in [-0.1, -0.05) is 19.3 Å². The van der Waals surface area contributed by atoms with Crippen molar-refractivity contribution >= 4 is 21.7 Å². The Morgan fingerprint density at radius 2 is 1.81 bits per heavy atom. The second-order valence-corrected chi connectivity index (χ2v) is 8.24. The lowest BCUT2D eigenvalue weighted by Gasteiger charge is -2.21. The van der Waals surface area contributed by atoms with Crippen LogP contribution in [-0.4, -0.2) is 45.0 Å². The summed E-state index contributed by atoms with van der Waals surface area (Å²) >= 11 is 0. The summed E-state index contributed by atoms with van der Waals surface area (Å²) in [7, 11) is -3.11. The van der Waals surface area contributed by atoms with Crippen molar-refractivity contribution in [3.8, 4) is 0 Å². The summed E-state index contributed by atoms with van der Waals surface area (Å²) in [5, 5.41) is 2.78. The van der Waals surface area contributed by atoms with Crippen molar-refractivity contribution in [1.82, 2.24) is 5.32 Å². The van der Waals surface area contributed by atoms with E-state index in [1.165, 1.54) is 19.3 Å². The van der Waals surface area contributed by atoms with Gasteiger partial charge in [-0.05, 0) is 25.2 Å². The van der Waals surface area contributed by atoms with Crippen molar-refractivity contribution in [2.24, 2.45) is 11.8 Å². The Balaban J connectivity index is 1.63. The van der Waals surface area contributed by atoms with Crippen LogP contribution >= 0.6 is 0 Å². The summed E-state index contributed by atoms with van der Waals surface area (Å²) in [6.45, 7) is 0.316. The van der Waals surface area contributed by atoms with E-state index in [-0.39, 0.29) is 24.0 Å². The fraction of sp³-hybridized carbons (Fsp3) is 0.857. The summed E-state index contributed by atoms with van der Waals surface area (Å²) < 4.78 is 27.5. The van der Waals surface area contributed by atoms with Crippen LogP contribution in [0.2, 0.25) is 0 Å². The minimum atomic E-state index is -3.11. The zero-order chi connectivity index (χ0) is 15.3. The zero-order valence-electron chi connectivity index (χ0n) is 12.2. The summed E-state index contributed by atoms with van der Waals surface area (Å²) in [6.07, 6.45) is 6.27. The number of rotatable bonds is 5. The van der Waals surface area contributed by atoms with Gasteiger partial charge in [-0.15, -0.1) is 0 Å². The molecule has 6 nitrogen and oxygen atoms in total. The fourth-order valence-corrected chi connectivity index (χ4v) is 4.66. The summed E-state index contributed by atoms with van der Waals surface area (Å²) in [4.78, 5) is 23.3. The van der Waals surface area contributed by atoms with Gasteiger partial charge in [0.1, 0.15) is 0 Å². The normalized spacial score (nSPS) is 25.4. The molecule has 1 atom stereocenters. The first kappa shape index (κ1) is 16.3. The van der Waals surface area contributed by atoms with Crippen molar-refractivity contribution in [3.05, 3.63) is 0 Å². The summed E-state index contributed by atoms with van der Waals surface area (Å²) in [5.74, 6) is -1.10. The third kappa shape index (κ3) is 5.30. The van der Waals surface area contributed by atoms with E-state index in [0.29, 0.717) is 18.9 Å². The highest BCUT2D eigenvalue weighted by Crippen LogP contribution is 2.22. The zero-order valence-corrected chi connectivity index (χ0v) is 13.0. The predicted octanol–water partition coefficient (Wildman–Crippen LogP) is 0.661. The second-order valence-electron chi connectivity index (χ2n) is 6.02. The van der Waals surface area contributed by atoms with Crippen LogP contribution in [0, 0.1) is 11.8 Å². The van der Waals surface area contributed by atoms with Gasteiger partial charge in [-0.3, -0.25) is 9.59 Å². The standard InChI is InChI=1S/C14H23NO5S/c16-13(15-8-11-4-2-1-3-5-11)9-20-14(17)12-6-7-21(18,19)10-12/h11-12H,1-10H2,(H,15,16). The predicted molar refractivity (Wildman–Crippen MR) is 77.3 cm³/mol. The van der Waals surface area contributed by atoms with E-state index < -0.39 is 21.7 Å². The molecule has 0 aromatic rings. The van der Waals surface area contributed by atoms with Crippen LogP contribution < -0.4 is 5.32 Å². The van der Waals surface area contributed by atoms with Crippen molar-refractivity contribution in [3.63, 3.8) is 0 Å². The Labute approximate surface area is 125 Å². The number of carbonyl (C=O) groups excluding carboxylic acids is 2. The molecule has 1 saturated carbocycles. The van der Waals surface area contributed by atoms with Gasteiger partial charge in [0.2, 0.25) is 0 Å². The van der Waals surface area contributed by atoms with Gasteiger partial charge in [0.15, 0.2) is 16.4 Å². The molecule has 2 rings (SSSR count). The molecule has 0 bridgehead atoms. The molecule has 2 fully saturated rings. The fourth-order valence-electron chi connectivity index (χ4n) is 2.94. The largest absolute Gasteiger partial charge is 0.455 e. The number of nitrogens with one attached hydrogen (secondary N) is 1. The van der Waals surface area contributed by atoms with E-state index >= 15 is 0 Å². The van der Waals surface area contributed by atoms with Crippen molar-refractivity contribution in [1.29, 1.82) is 0 Å². The number of hydrogen-bond acceptors (Lipinski definition) is 5. The second kappa shape index (κ2) is 7.24. The van der Waals surface area contributed by atoms with Crippen LogP contribution in [0.5, 0.6) is 0 Å². The molecule has 0 spiro atoms. The number of amides is 1. The SMILES string of the molecule is O=C(COC(=O)C1CCS(=O)(=O)C1)NCC1CCCCC1. The van der Waals surface area contributed by atoms with Gasteiger partial charge in [0, 0.05) is 6.54 Å². The minimum Gasteiger partial charge on any atom is -0.455 e. The molecule has 1 aliphatic carbocycles. The Bertz CT molecular complexity index is 482. The lowest BCUT2D eigenvalue weighted by atomic mass is 9.89. The molecule has 1 amide bonds. The van der Waals surface area contributed by atoms with E-state index in [1.54, 1.807) is 0 Å². The monoisotopic (exact) mass is 317 g/mol. The first-order valence-electron chi connectivity index (χ1n) is 7.60. The van der Waals surface area contributed by atoms with Crippen LogP contribution in [0.25, 0.3) is 0 Å². The molecule has 1 aliphatic heterocycles. The number of sulfone groups is 1. The maximum atomic E-state index is 11.7. The van der Waals surface area contributed by atoms with Crippen LogP contribution in [0.1, 0.15) is 38.5 Å². The van der Waals surface area contributed by atoms with Crippen molar-refractivity contribution in [2.45, 2.75) is 38.5 Å². The molecule has 7 heteroatoms. The highest BCUT2D eigenvalue weighted by molar-refractivity contribution is 7.91. The molecule has 21 heavy (non-hydrogen) atoms. The van der Waals surface area contributed by atoms with Gasteiger partial charge in [-0.25, -0.2) is 8.42 Å². The third-order valence-corrected chi connectivity index (χ3v) is 5.99. The van der Waals surface area contributed by atoms with Crippen LogP contribution in [0.15, 0.2) is 0 Å². The van der Waals surface area contributed by atoms with Crippen LogP contribution in [0.3, 0.4) is 0 Å². The number of carbonyl (C=O) groups is 2. The summed E-state index contributed by atoms with van der Waals surface area (Å²) in [5.41, 5.74) is 0. The topological polar surface area (TPSA) is 89.5 Å². The van der Waals surface area contributed by atoms with Gasteiger partial charge in [-0.2, -0.15) is 0 Å². The highest BCUT2D eigenvalue weighted by Gasteiger charge is 2.34. The lowest BCUT2D eigenvalue weighted by molar-refractivity contribution is -0.151. The van der Waals surface area contributed by atoms with Crippen LogP contribution in [0.4, 0.5) is 0 Å². The highest BCUT2D eigenvalue weighted by atomic mass is 32.2. The Kier molecular flexibility index (Phi) is 5.61. The van der Waals surface area contributed by atoms with Crippen molar-refractivity contribution < 1.29 is 22.7 Å². The van der Waals surface area contributed by atoms with E-state index in [2.05, 4.69) is 5.32 Å². The molecule has 1 saturated heterocycles. The van der Waals surface area contributed by atoms with E-state index in [4.69, 9.17) is 4.74 Å². The molecule has 0 aromatic carbocycles. The van der Waals surface area contributed by atoms with Gasteiger partial charge < -0.3 is 10.1 Å².